The largest absolute Gasteiger partial charge is 0.493 e. The number of rotatable bonds is 4. The number of aromatic nitrogens is 4. The van der Waals surface area contributed by atoms with E-state index in [2.05, 4.69) is 15.1 Å². The number of benzene rings is 1. The first-order valence-corrected chi connectivity index (χ1v) is 6.36. The van der Waals surface area contributed by atoms with Crippen LogP contribution in [0, 0.1) is 0 Å². The molecule has 0 radical (unpaired) electrons. The Morgan fingerprint density at radius 2 is 1.95 bits per heavy atom. The van der Waals surface area contributed by atoms with E-state index < -0.39 is 0 Å². The lowest BCUT2D eigenvalue weighted by atomic mass is 10.1. The minimum Gasteiger partial charge on any atom is -0.493 e. The third-order valence-electron chi connectivity index (χ3n) is 3.08. The third kappa shape index (κ3) is 2.43. The molecule has 6 heteroatoms. The van der Waals surface area contributed by atoms with Crippen molar-refractivity contribution in [3.05, 3.63) is 49.2 Å². The normalized spacial score (nSPS) is 10.4. The second-order valence-electron chi connectivity index (χ2n) is 4.28. The molecule has 0 aliphatic carbocycles. The monoisotopic (exact) mass is 282 g/mol. The predicted octanol–water partition coefficient (Wildman–Crippen LogP) is 2.35. The number of nitrogens with zero attached hydrogens (tertiary/aromatic N) is 4. The van der Waals surface area contributed by atoms with Gasteiger partial charge in [0, 0.05) is 29.7 Å². The van der Waals surface area contributed by atoms with Crippen LogP contribution >= 0.6 is 0 Å². The van der Waals surface area contributed by atoms with E-state index in [1.165, 1.54) is 0 Å². The van der Waals surface area contributed by atoms with Crippen LogP contribution in [0.15, 0.2) is 49.2 Å². The molecule has 2 heterocycles. The van der Waals surface area contributed by atoms with E-state index in [1.807, 2.05) is 24.4 Å². The van der Waals surface area contributed by atoms with Gasteiger partial charge < -0.3 is 9.47 Å². The van der Waals surface area contributed by atoms with E-state index in [9.17, 15) is 0 Å². The molecule has 6 nitrogen and oxygen atoms in total. The first-order valence-electron chi connectivity index (χ1n) is 6.36. The average Bonchev–Trinajstić information content (AvgIpc) is 3.04. The smallest absolute Gasteiger partial charge is 0.171 e. The Balaban J connectivity index is 2.05. The van der Waals surface area contributed by atoms with E-state index in [1.54, 1.807) is 43.7 Å². The minimum absolute atomic E-state index is 0.658. The van der Waals surface area contributed by atoms with Crippen LogP contribution in [0.5, 0.6) is 11.5 Å². The SMILES string of the molecule is COc1cccc(-c2cnn(-c3cnccn3)c2)c1OC. The zero-order chi connectivity index (χ0) is 14.7. The molecule has 0 amide bonds. The van der Waals surface area contributed by atoms with Crippen LogP contribution in [0.4, 0.5) is 0 Å². The standard InChI is InChI=1S/C15H14N4O2/c1-20-13-5-3-4-12(15(13)21-2)11-8-18-19(10-11)14-9-16-6-7-17-14/h3-10H,1-2H3. The maximum atomic E-state index is 5.45. The van der Waals surface area contributed by atoms with Crippen LogP contribution in [-0.2, 0) is 0 Å². The van der Waals surface area contributed by atoms with Gasteiger partial charge >= 0.3 is 0 Å². The molecule has 0 atom stereocenters. The number of methoxy groups -OCH3 is 2. The molecule has 3 aromatic rings. The molecular formula is C15H14N4O2. The number of ether oxygens (including phenoxy) is 2. The van der Waals surface area contributed by atoms with Crippen molar-refractivity contribution in [3.63, 3.8) is 0 Å². The van der Waals surface area contributed by atoms with Crippen molar-refractivity contribution < 1.29 is 9.47 Å². The number of hydrogen-bond acceptors (Lipinski definition) is 5. The second kappa shape index (κ2) is 5.62. The van der Waals surface area contributed by atoms with Gasteiger partial charge in [-0.25, -0.2) is 9.67 Å². The highest BCUT2D eigenvalue weighted by molar-refractivity contribution is 5.73. The van der Waals surface area contributed by atoms with Crippen molar-refractivity contribution in [1.82, 2.24) is 19.7 Å². The van der Waals surface area contributed by atoms with Crippen LogP contribution < -0.4 is 9.47 Å². The van der Waals surface area contributed by atoms with Crippen molar-refractivity contribution in [2.24, 2.45) is 0 Å². The van der Waals surface area contributed by atoms with Gasteiger partial charge in [0.05, 0.1) is 26.6 Å². The number of hydrogen-bond donors (Lipinski definition) is 0. The fraction of sp³-hybridized carbons (Fsp3) is 0.133. The highest BCUT2D eigenvalue weighted by Gasteiger charge is 2.13. The summed E-state index contributed by atoms with van der Waals surface area (Å²) >= 11 is 0. The molecule has 21 heavy (non-hydrogen) atoms. The molecule has 0 aliphatic heterocycles. The van der Waals surface area contributed by atoms with Crippen molar-refractivity contribution in [2.75, 3.05) is 14.2 Å². The van der Waals surface area contributed by atoms with Crippen LogP contribution in [0.1, 0.15) is 0 Å². The summed E-state index contributed by atoms with van der Waals surface area (Å²) in [7, 11) is 3.24. The average molecular weight is 282 g/mol. The maximum Gasteiger partial charge on any atom is 0.171 e. The first-order chi connectivity index (χ1) is 10.3. The first kappa shape index (κ1) is 13.1. The summed E-state index contributed by atoms with van der Waals surface area (Å²) in [6, 6.07) is 5.73. The zero-order valence-electron chi connectivity index (χ0n) is 11.7. The lowest BCUT2D eigenvalue weighted by Crippen LogP contribution is -1.97. The Labute approximate surface area is 122 Å². The maximum absolute atomic E-state index is 5.45. The molecule has 0 unspecified atom stereocenters. The molecule has 0 saturated heterocycles. The highest BCUT2D eigenvalue weighted by atomic mass is 16.5. The van der Waals surface area contributed by atoms with Gasteiger partial charge in [0.1, 0.15) is 0 Å². The summed E-state index contributed by atoms with van der Waals surface area (Å²) in [6.07, 6.45) is 8.54. The molecule has 0 saturated carbocycles. The summed E-state index contributed by atoms with van der Waals surface area (Å²) < 4.78 is 12.4. The summed E-state index contributed by atoms with van der Waals surface area (Å²) in [6.45, 7) is 0. The Morgan fingerprint density at radius 1 is 1.05 bits per heavy atom. The zero-order valence-corrected chi connectivity index (χ0v) is 11.7. The molecule has 106 valence electrons. The van der Waals surface area contributed by atoms with Crippen molar-refractivity contribution in [2.45, 2.75) is 0 Å². The van der Waals surface area contributed by atoms with Gasteiger partial charge in [-0.1, -0.05) is 12.1 Å². The lowest BCUT2D eigenvalue weighted by Gasteiger charge is -2.11. The van der Waals surface area contributed by atoms with Gasteiger partial charge in [0.2, 0.25) is 0 Å². The van der Waals surface area contributed by atoms with Gasteiger partial charge in [-0.3, -0.25) is 4.98 Å². The fourth-order valence-corrected chi connectivity index (χ4v) is 2.11. The molecular weight excluding hydrogens is 268 g/mol. The summed E-state index contributed by atoms with van der Waals surface area (Å²) in [5.41, 5.74) is 1.82. The topological polar surface area (TPSA) is 62.1 Å². The van der Waals surface area contributed by atoms with E-state index in [4.69, 9.17) is 9.47 Å². The van der Waals surface area contributed by atoms with Crippen molar-refractivity contribution in [3.8, 4) is 28.4 Å². The van der Waals surface area contributed by atoms with Crippen molar-refractivity contribution in [1.29, 1.82) is 0 Å². The van der Waals surface area contributed by atoms with Crippen LogP contribution in [-0.4, -0.2) is 34.0 Å². The summed E-state index contributed by atoms with van der Waals surface area (Å²) in [4.78, 5) is 8.25. The molecule has 0 fully saturated rings. The molecule has 0 N–H and O–H groups in total. The van der Waals surface area contributed by atoms with Crippen LogP contribution in [0.2, 0.25) is 0 Å². The van der Waals surface area contributed by atoms with Gasteiger partial charge in [-0.15, -0.1) is 0 Å². The van der Waals surface area contributed by atoms with Gasteiger partial charge in [0.25, 0.3) is 0 Å². The van der Waals surface area contributed by atoms with E-state index in [0.29, 0.717) is 17.3 Å². The number of para-hydroxylation sites is 1. The van der Waals surface area contributed by atoms with Crippen LogP contribution in [0.3, 0.4) is 0 Å². The Morgan fingerprint density at radius 3 is 2.67 bits per heavy atom. The Kier molecular flexibility index (Phi) is 3.51. The predicted molar refractivity (Wildman–Crippen MR) is 77.7 cm³/mol. The third-order valence-corrected chi connectivity index (χ3v) is 3.08. The molecule has 0 aliphatic rings. The van der Waals surface area contributed by atoms with Crippen LogP contribution in [0.25, 0.3) is 16.9 Å². The lowest BCUT2D eigenvalue weighted by molar-refractivity contribution is 0.356. The second-order valence-corrected chi connectivity index (χ2v) is 4.28. The van der Waals surface area contributed by atoms with E-state index in [0.717, 1.165) is 11.1 Å². The molecule has 1 aromatic carbocycles. The minimum atomic E-state index is 0.658. The van der Waals surface area contributed by atoms with E-state index >= 15 is 0 Å². The Bertz CT molecular complexity index is 740. The van der Waals surface area contributed by atoms with E-state index in [-0.39, 0.29) is 0 Å². The summed E-state index contributed by atoms with van der Waals surface area (Å²) in [5, 5.41) is 4.31. The van der Waals surface area contributed by atoms with Gasteiger partial charge in [-0.05, 0) is 6.07 Å². The molecule has 0 bridgehead atoms. The van der Waals surface area contributed by atoms with Gasteiger partial charge in [0.15, 0.2) is 17.3 Å². The van der Waals surface area contributed by atoms with Crippen molar-refractivity contribution >= 4 is 0 Å². The van der Waals surface area contributed by atoms with Gasteiger partial charge in [-0.2, -0.15) is 5.10 Å². The summed E-state index contributed by atoms with van der Waals surface area (Å²) in [5.74, 6) is 2.02. The molecule has 2 aromatic heterocycles. The fourth-order valence-electron chi connectivity index (χ4n) is 2.11. The quantitative estimate of drug-likeness (QED) is 0.735. The highest BCUT2D eigenvalue weighted by Crippen LogP contribution is 2.37. The molecule has 3 rings (SSSR count). The molecule has 0 spiro atoms. The Hall–Kier alpha value is -2.89.